The average molecular weight is 327 g/mol. The molecule has 0 bridgehead atoms. The summed E-state index contributed by atoms with van der Waals surface area (Å²) in [5.74, 6) is 1.63. The molecule has 130 valence electrons. The molecule has 1 atom stereocenters. The van der Waals surface area contributed by atoms with Gasteiger partial charge in [-0.15, -0.1) is 0 Å². The summed E-state index contributed by atoms with van der Waals surface area (Å²) >= 11 is 0. The maximum absolute atomic E-state index is 5.51. The van der Waals surface area contributed by atoms with E-state index in [1.54, 1.807) is 14.2 Å². The zero-order valence-corrected chi connectivity index (χ0v) is 15.7. The van der Waals surface area contributed by atoms with Crippen LogP contribution in [0.15, 0.2) is 12.1 Å². The Labute approximate surface area is 147 Å². The fourth-order valence-electron chi connectivity index (χ4n) is 3.84. The summed E-state index contributed by atoms with van der Waals surface area (Å²) in [6.45, 7) is 12.6. The molecule has 1 aromatic carbocycles. The van der Waals surface area contributed by atoms with Crippen LogP contribution in [0.1, 0.15) is 44.9 Å². The third kappa shape index (κ3) is 3.04. The Kier molecular flexibility index (Phi) is 4.85. The molecule has 2 heterocycles. The predicted molar refractivity (Wildman–Crippen MR) is 98.6 cm³/mol. The lowest BCUT2D eigenvalue weighted by Crippen LogP contribution is -2.57. The number of hydrogen-bond acceptors (Lipinski definition) is 4. The summed E-state index contributed by atoms with van der Waals surface area (Å²) in [5, 5.41) is 0. The second-order valence-corrected chi connectivity index (χ2v) is 7.60. The van der Waals surface area contributed by atoms with Crippen LogP contribution >= 0.6 is 0 Å². The van der Waals surface area contributed by atoms with Crippen molar-refractivity contribution in [2.45, 2.75) is 45.7 Å². The van der Waals surface area contributed by atoms with Gasteiger partial charge in [-0.25, -0.2) is 0 Å². The van der Waals surface area contributed by atoms with Crippen LogP contribution in [0.3, 0.4) is 0 Å². The highest BCUT2D eigenvalue weighted by atomic mass is 16.5. The van der Waals surface area contributed by atoms with Gasteiger partial charge in [-0.2, -0.15) is 6.32 Å². The summed E-state index contributed by atoms with van der Waals surface area (Å²) in [4.78, 5) is 5.01. The first-order chi connectivity index (χ1) is 11.4. The molecule has 0 saturated carbocycles. The van der Waals surface area contributed by atoms with Gasteiger partial charge in [-0.05, 0) is 61.3 Å². The van der Waals surface area contributed by atoms with Crippen molar-refractivity contribution >= 4 is 6.98 Å². The van der Waals surface area contributed by atoms with E-state index in [1.807, 2.05) is 0 Å². The van der Waals surface area contributed by atoms with E-state index in [1.165, 1.54) is 11.1 Å². The lowest BCUT2D eigenvalue weighted by Gasteiger charge is -2.56. The summed E-state index contributed by atoms with van der Waals surface area (Å²) in [6.07, 6.45) is 5.50. The van der Waals surface area contributed by atoms with Gasteiger partial charge in [0.05, 0.1) is 14.2 Å². The van der Waals surface area contributed by atoms with Crippen molar-refractivity contribution in [2.24, 2.45) is 0 Å². The highest BCUT2D eigenvalue weighted by Crippen LogP contribution is 2.40. The van der Waals surface area contributed by atoms with Crippen molar-refractivity contribution in [3.8, 4) is 11.5 Å². The van der Waals surface area contributed by atoms with E-state index in [0.29, 0.717) is 13.0 Å². The van der Waals surface area contributed by atoms with E-state index in [4.69, 9.17) is 9.47 Å². The Morgan fingerprint density at radius 3 is 2.42 bits per heavy atom. The minimum Gasteiger partial charge on any atom is -0.493 e. The molecule has 0 N–H and O–H groups in total. The molecular weight excluding hydrogens is 299 g/mol. The van der Waals surface area contributed by atoms with Gasteiger partial charge >= 0.3 is 0 Å². The number of nitrogens with zero attached hydrogens (tertiary/aromatic N) is 2. The lowest BCUT2D eigenvalue weighted by molar-refractivity contribution is 0.247. The molecule has 3 rings (SSSR count). The first kappa shape index (κ1) is 17.6. The summed E-state index contributed by atoms with van der Waals surface area (Å²) in [5.41, 5.74) is 2.81. The Morgan fingerprint density at radius 2 is 1.79 bits per heavy atom. The molecule has 0 amide bonds. The molecule has 0 unspecified atom stereocenters. The molecule has 4 nitrogen and oxygen atoms in total. The zero-order chi connectivity index (χ0) is 17.5. The lowest BCUT2D eigenvalue weighted by atomic mass is 9.65. The molecule has 1 aromatic rings. The van der Waals surface area contributed by atoms with Gasteiger partial charge in [-0.1, -0.05) is 27.2 Å². The second-order valence-electron chi connectivity index (χ2n) is 7.60. The number of methoxy groups -OCH3 is 2. The van der Waals surface area contributed by atoms with E-state index in [0.717, 1.165) is 24.5 Å². The molecule has 0 spiro atoms. The van der Waals surface area contributed by atoms with E-state index in [-0.39, 0.29) is 5.54 Å². The van der Waals surface area contributed by atoms with Crippen molar-refractivity contribution in [2.75, 3.05) is 20.8 Å². The van der Waals surface area contributed by atoms with Crippen molar-refractivity contribution < 1.29 is 9.47 Å². The monoisotopic (exact) mass is 327 g/mol. The molecule has 2 aliphatic heterocycles. The van der Waals surface area contributed by atoms with Crippen LogP contribution in [-0.2, 0) is 6.42 Å². The largest absolute Gasteiger partial charge is 0.493 e. The van der Waals surface area contributed by atoms with Crippen LogP contribution in [0.2, 0.25) is 0 Å². The Morgan fingerprint density at radius 1 is 1.12 bits per heavy atom. The van der Waals surface area contributed by atoms with Crippen molar-refractivity contribution in [1.82, 2.24) is 9.62 Å². The molecule has 4 radical (unpaired) electrons. The van der Waals surface area contributed by atoms with Crippen LogP contribution in [0, 0.1) is 19.3 Å². The molecule has 1 saturated heterocycles. The fraction of sp³-hybridized carbons (Fsp3) is 0.526. The number of benzene rings is 1. The Hall–Kier alpha value is -1.20. The Bertz CT molecular complexity index is 600. The molecule has 2 aliphatic rings. The highest BCUT2D eigenvalue weighted by molar-refractivity contribution is 6.59. The molecular formula is C19H28BN2O2-. The first-order valence-electron chi connectivity index (χ1n) is 8.67. The number of rotatable bonds is 3. The summed E-state index contributed by atoms with van der Waals surface area (Å²) in [7, 11) is 3.40. The van der Waals surface area contributed by atoms with E-state index < -0.39 is 0 Å². The van der Waals surface area contributed by atoms with E-state index in [9.17, 15) is 0 Å². The van der Waals surface area contributed by atoms with Gasteiger partial charge in [0, 0.05) is 6.98 Å². The van der Waals surface area contributed by atoms with Crippen LogP contribution in [0.5, 0.6) is 11.5 Å². The number of hydrogen-bond donors (Lipinski definition) is 0. The summed E-state index contributed by atoms with van der Waals surface area (Å²) < 4.78 is 11.0. The van der Waals surface area contributed by atoms with Gasteiger partial charge < -0.3 is 19.1 Å². The van der Waals surface area contributed by atoms with Crippen molar-refractivity contribution in [1.29, 1.82) is 0 Å². The minimum atomic E-state index is 0.103. The first-order valence-corrected chi connectivity index (χ1v) is 8.67. The topological polar surface area (TPSA) is 24.9 Å². The molecule has 0 aliphatic carbocycles. The minimum absolute atomic E-state index is 0.103. The third-order valence-electron chi connectivity index (χ3n) is 5.16. The highest BCUT2D eigenvalue weighted by Gasteiger charge is 2.32. The second kappa shape index (κ2) is 6.60. The average Bonchev–Trinajstić information content (AvgIpc) is 3.03. The maximum Gasteiger partial charge on any atom is 0.161 e. The quantitative estimate of drug-likeness (QED) is 0.795. The molecule has 5 heteroatoms. The predicted octanol–water partition coefficient (Wildman–Crippen LogP) is 3.33. The normalized spacial score (nSPS) is 23.3. The van der Waals surface area contributed by atoms with Gasteiger partial charge in [0.2, 0.25) is 0 Å². The van der Waals surface area contributed by atoms with Crippen molar-refractivity contribution in [3.05, 3.63) is 42.5 Å². The van der Waals surface area contributed by atoms with Gasteiger partial charge in [-0.3, -0.25) is 0 Å². The van der Waals surface area contributed by atoms with E-state index in [2.05, 4.69) is 68.7 Å². The van der Waals surface area contributed by atoms with Crippen LogP contribution < -0.4 is 9.47 Å². The summed E-state index contributed by atoms with van der Waals surface area (Å²) in [6, 6.07) is 4.62. The van der Waals surface area contributed by atoms with Crippen molar-refractivity contribution in [3.63, 3.8) is 0 Å². The van der Waals surface area contributed by atoms with Crippen LogP contribution in [0.4, 0.5) is 0 Å². The van der Waals surface area contributed by atoms with E-state index >= 15 is 0 Å². The third-order valence-corrected chi connectivity index (χ3v) is 5.16. The SMILES string of the molecule is COc1cc2c(cc1OC)[C@@H](C)N([B-]1[CH][CH][CH]N1C(C)(C)C)CC2. The van der Waals surface area contributed by atoms with Crippen LogP contribution in [-0.4, -0.2) is 42.9 Å². The molecule has 0 aromatic heterocycles. The van der Waals surface area contributed by atoms with Gasteiger partial charge in [0.25, 0.3) is 0 Å². The molecule has 1 fully saturated rings. The van der Waals surface area contributed by atoms with Gasteiger partial charge in [0.1, 0.15) is 0 Å². The molecule has 24 heavy (non-hydrogen) atoms. The maximum atomic E-state index is 5.51. The number of ether oxygens (including phenoxy) is 2. The van der Waals surface area contributed by atoms with Gasteiger partial charge in [0.15, 0.2) is 11.5 Å². The van der Waals surface area contributed by atoms with Crippen LogP contribution in [0.25, 0.3) is 0 Å². The Balaban J connectivity index is 1.90. The zero-order valence-electron chi connectivity index (χ0n) is 15.7. The number of fused-ring (bicyclic) bond motifs is 1. The fourth-order valence-corrected chi connectivity index (χ4v) is 3.84. The standard InChI is InChI=1S/C19H28BN2O2/c1-14-16-13-18(24-6)17(23-5)12-15(16)8-11-21(14)20-9-7-10-22(20)19(2,3)4/h7,9-10,12-14H,8,11H2,1-6H3/q-1/t14-/m1/s1. The smallest absolute Gasteiger partial charge is 0.161 e.